The van der Waals surface area contributed by atoms with Crippen LogP contribution in [0.1, 0.15) is 99.8 Å². The average molecular weight is 505 g/mol. The summed E-state index contributed by atoms with van der Waals surface area (Å²) in [7, 11) is 0. The van der Waals surface area contributed by atoms with Crippen molar-refractivity contribution in [2.24, 2.45) is 5.92 Å². The SMILES string of the molecule is CCCCCC(C)CC(C)(O)CC(O)COC(C)(CC)CC(=O)OCC(COC(C)=O)OC(C)=O. The van der Waals surface area contributed by atoms with Crippen molar-refractivity contribution in [3.63, 3.8) is 0 Å². The van der Waals surface area contributed by atoms with Crippen LogP contribution in [0.3, 0.4) is 0 Å². The first-order valence-electron chi connectivity index (χ1n) is 12.7. The monoisotopic (exact) mass is 504 g/mol. The fraction of sp³-hybridized carbons (Fsp3) is 0.885. The van der Waals surface area contributed by atoms with Gasteiger partial charge in [0, 0.05) is 20.3 Å². The summed E-state index contributed by atoms with van der Waals surface area (Å²) in [6.07, 6.45) is 3.91. The van der Waals surface area contributed by atoms with Crippen LogP contribution in [0.15, 0.2) is 0 Å². The van der Waals surface area contributed by atoms with Crippen LogP contribution in [0.4, 0.5) is 0 Å². The van der Waals surface area contributed by atoms with Gasteiger partial charge in [-0.2, -0.15) is 0 Å². The maximum atomic E-state index is 12.4. The van der Waals surface area contributed by atoms with Gasteiger partial charge >= 0.3 is 17.9 Å². The van der Waals surface area contributed by atoms with Crippen molar-refractivity contribution in [2.45, 2.75) is 123 Å². The number of hydrogen-bond acceptors (Lipinski definition) is 9. The Morgan fingerprint density at radius 3 is 2.09 bits per heavy atom. The molecule has 206 valence electrons. The lowest BCUT2D eigenvalue weighted by Gasteiger charge is -2.32. The number of aliphatic hydroxyl groups is 2. The molecule has 0 aliphatic carbocycles. The number of unbranched alkanes of at least 4 members (excludes halogenated alkanes) is 2. The van der Waals surface area contributed by atoms with Crippen LogP contribution in [-0.2, 0) is 33.3 Å². The molecule has 0 fully saturated rings. The second-order valence-corrected chi connectivity index (χ2v) is 10.2. The summed E-state index contributed by atoms with van der Waals surface area (Å²) < 4.78 is 20.9. The summed E-state index contributed by atoms with van der Waals surface area (Å²) >= 11 is 0. The Morgan fingerprint density at radius 2 is 1.54 bits per heavy atom. The first kappa shape index (κ1) is 33.3. The second-order valence-electron chi connectivity index (χ2n) is 10.2. The third-order valence-corrected chi connectivity index (χ3v) is 5.89. The van der Waals surface area contributed by atoms with Crippen molar-refractivity contribution >= 4 is 17.9 Å². The molecule has 0 saturated heterocycles. The third kappa shape index (κ3) is 17.4. The Kier molecular flexibility index (Phi) is 16.0. The van der Waals surface area contributed by atoms with E-state index in [9.17, 15) is 24.6 Å². The van der Waals surface area contributed by atoms with Gasteiger partial charge in [-0.25, -0.2) is 0 Å². The van der Waals surface area contributed by atoms with E-state index in [0.717, 1.165) is 19.3 Å². The molecule has 0 rings (SSSR count). The van der Waals surface area contributed by atoms with Gasteiger partial charge in [0.15, 0.2) is 6.10 Å². The van der Waals surface area contributed by atoms with Gasteiger partial charge in [0.05, 0.1) is 30.3 Å². The highest BCUT2D eigenvalue weighted by atomic mass is 16.6. The minimum absolute atomic E-state index is 0.0273. The Morgan fingerprint density at radius 1 is 0.914 bits per heavy atom. The van der Waals surface area contributed by atoms with Crippen LogP contribution in [0, 0.1) is 5.92 Å². The molecule has 0 spiro atoms. The van der Waals surface area contributed by atoms with Gasteiger partial charge in [0.25, 0.3) is 0 Å². The first-order chi connectivity index (χ1) is 16.2. The third-order valence-electron chi connectivity index (χ3n) is 5.89. The zero-order valence-electron chi connectivity index (χ0n) is 22.8. The normalized spacial score (nSPS) is 17.4. The number of aliphatic hydroxyl groups excluding tert-OH is 1. The average Bonchev–Trinajstić information content (AvgIpc) is 2.73. The summed E-state index contributed by atoms with van der Waals surface area (Å²) in [6.45, 7) is 11.5. The van der Waals surface area contributed by atoms with Crippen molar-refractivity contribution in [3.05, 3.63) is 0 Å². The van der Waals surface area contributed by atoms with Crippen molar-refractivity contribution in [2.75, 3.05) is 19.8 Å². The quantitative estimate of drug-likeness (QED) is 0.154. The molecule has 5 unspecified atom stereocenters. The maximum absolute atomic E-state index is 12.4. The van der Waals surface area contributed by atoms with Gasteiger partial charge in [-0.3, -0.25) is 14.4 Å². The topological polar surface area (TPSA) is 129 Å². The molecule has 0 heterocycles. The van der Waals surface area contributed by atoms with E-state index in [0.29, 0.717) is 18.8 Å². The molecule has 0 saturated carbocycles. The van der Waals surface area contributed by atoms with Gasteiger partial charge in [-0.15, -0.1) is 0 Å². The van der Waals surface area contributed by atoms with Gasteiger partial charge in [0.2, 0.25) is 0 Å². The molecule has 35 heavy (non-hydrogen) atoms. The van der Waals surface area contributed by atoms with Gasteiger partial charge in [-0.1, -0.05) is 46.5 Å². The van der Waals surface area contributed by atoms with Gasteiger partial charge < -0.3 is 29.2 Å². The summed E-state index contributed by atoms with van der Waals surface area (Å²) in [5, 5.41) is 21.2. The highest BCUT2D eigenvalue weighted by molar-refractivity contribution is 5.71. The highest BCUT2D eigenvalue weighted by Gasteiger charge is 2.31. The second kappa shape index (κ2) is 16.9. The number of rotatable bonds is 19. The van der Waals surface area contributed by atoms with Crippen LogP contribution in [0.25, 0.3) is 0 Å². The molecule has 9 nitrogen and oxygen atoms in total. The molecular weight excluding hydrogens is 456 g/mol. The molecule has 0 radical (unpaired) electrons. The van der Waals surface area contributed by atoms with E-state index in [2.05, 4.69) is 13.8 Å². The Labute approximate surface area is 210 Å². The number of esters is 3. The van der Waals surface area contributed by atoms with E-state index in [1.807, 2.05) is 6.92 Å². The van der Waals surface area contributed by atoms with Crippen molar-refractivity contribution in [1.29, 1.82) is 0 Å². The predicted octanol–water partition coefficient (Wildman–Crippen LogP) is 3.71. The van der Waals surface area contributed by atoms with E-state index in [1.165, 1.54) is 20.3 Å². The molecule has 0 aliphatic rings. The lowest BCUT2D eigenvalue weighted by molar-refractivity contribution is -0.168. The molecule has 0 aliphatic heterocycles. The summed E-state index contributed by atoms with van der Waals surface area (Å²) in [4.78, 5) is 34.6. The largest absolute Gasteiger partial charge is 0.462 e. The number of carbonyl (C=O) groups excluding carboxylic acids is 3. The zero-order valence-corrected chi connectivity index (χ0v) is 22.8. The standard InChI is InChI=1S/C26H48O9/c1-8-10-11-12-19(3)13-25(6,31)14-22(29)16-34-26(7,9-2)15-24(30)33-18-23(35-21(5)28)17-32-20(4)27/h19,22-23,29,31H,8-18H2,1-7H3. The fourth-order valence-electron chi connectivity index (χ4n) is 3.92. The molecule has 5 atom stereocenters. The number of ether oxygens (including phenoxy) is 4. The van der Waals surface area contributed by atoms with Crippen molar-refractivity contribution in [3.8, 4) is 0 Å². The van der Waals surface area contributed by atoms with Crippen LogP contribution >= 0.6 is 0 Å². The van der Waals surface area contributed by atoms with Crippen molar-refractivity contribution in [1.82, 2.24) is 0 Å². The van der Waals surface area contributed by atoms with Gasteiger partial charge in [-0.05, 0) is 32.6 Å². The Hall–Kier alpha value is -1.71. The fourth-order valence-corrected chi connectivity index (χ4v) is 3.92. The van der Waals surface area contributed by atoms with E-state index >= 15 is 0 Å². The lowest BCUT2D eigenvalue weighted by Crippen LogP contribution is -2.39. The van der Waals surface area contributed by atoms with Gasteiger partial charge in [0.1, 0.15) is 13.2 Å². The molecule has 9 heteroatoms. The Bertz CT molecular complexity index is 634. The molecule has 0 aromatic carbocycles. The molecule has 2 N–H and O–H groups in total. The van der Waals surface area contributed by atoms with Crippen LogP contribution in [0.5, 0.6) is 0 Å². The number of hydrogen-bond donors (Lipinski definition) is 2. The lowest BCUT2D eigenvalue weighted by atomic mass is 9.86. The molecule has 0 bridgehead atoms. The summed E-state index contributed by atoms with van der Waals surface area (Å²) in [5.41, 5.74) is -1.90. The van der Waals surface area contributed by atoms with Crippen LogP contribution in [-0.4, -0.2) is 71.4 Å². The smallest absolute Gasteiger partial charge is 0.308 e. The highest BCUT2D eigenvalue weighted by Crippen LogP contribution is 2.27. The van der Waals surface area contributed by atoms with Crippen LogP contribution < -0.4 is 0 Å². The predicted molar refractivity (Wildman–Crippen MR) is 132 cm³/mol. The Balaban J connectivity index is 4.66. The molecule has 0 amide bonds. The minimum Gasteiger partial charge on any atom is -0.462 e. The van der Waals surface area contributed by atoms with E-state index in [4.69, 9.17) is 18.9 Å². The summed E-state index contributed by atoms with van der Waals surface area (Å²) in [5.74, 6) is -1.34. The summed E-state index contributed by atoms with van der Waals surface area (Å²) in [6, 6.07) is 0. The molecule has 0 aromatic rings. The van der Waals surface area contributed by atoms with Crippen LogP contribution in [0.2, 0.25) is 0 Å². The number of carbonyl (C=O) groups is 3. The van der Waals surface area contributed by atoms with E-state index < -0.39 is 41.3 Å². The van der Waals surface area contributed by atoms with Crippen molar-refractivity contribution < 1.29 is 43.5 Å². The van der Waals surface area contributed by atoms with E-state index in [-0.39, 0.29) is 32.7 Å². The zero-order chi connectivity index (χ0) is 27.1. The minimum atomic E-state index is -1.01. The maximum Gasteiger partial charge on any atom is 0.308 e. The molecular formula is C26H48O9. The molecule has 0 aromatic heterocycles. The first-order valence-corrected chi connectivity index (χ1v) is 12.7. The van der Waals surface area contributed by atoms with E-state index in [1.54, 1.807) is 13.8 Å².